The van der Waals surface area contributed by atoms with Crippen molar-refractivity contribution >= 4 is 11.9 Å². The molecule has 5 nitrogen and oxygen atoms in total. The number of hydrogen-bond acceptors (Lipinski definition) is 3. The zero-order valence-electron chi connectivity index (χ0n) is 23.2. The number of alkyl halides is 3. The van der Waals surface area contributed by atoms with Gasteiger partial charge in [0.2, 0.25) is 0 Å². The molecule has 0 bridgehead atoms. The Labute approximate surface area is 243 Å². The van der Waals surface area contributed by atoms with E-state index < -0.39 is 17.7 Å². The van der Waals surface area contributed by atoms with Gasteiger partial charge in [-0.15, -0.1) is 0 Å². The Hall–Kier alpha value is -4.59. The summed E-state index contributed by atoms with van der Waals surface area (Å²) in [7, 11) is 0. The van der Waals surface area contributed by atoms with E-state index in [1.54, 1.807) is 35.2 Å². The first-order valence-corrected chi connectivity index (χ1v) is 13.7. The van der Waals surface area contributed by atoms with Crippen molar-refractivity contribution in [3.63, 3.8) is 0 Å². The number of carbonyl (C=O) groups excluding carboxylic acids is 1. The van der Waals surface area contributed by atoms with Gasteiger partial charge in [-0.25, -0.2) is 0 Å². The third-order valence-electron chi connectivity index (χ3n) is 6.99. The van der Waals surface area contributed by atoms with Crippen LogP contribution in [0, 0.1) is 6.92 Å². The fourth-order valence-electron chi connectivity index (χ4n) is 4.61. The van der Waals surface area contributed by atoms with Gasteiger partial charge in [-0.2, -0.15) is 13.2 Å². The normalized spacial score (nSPS) is 11.2. The zero-order valence-corrected chi connectivity index (χ0v) is 23.2. The molecule has 0 aliphatic carbocycles. The van der Waals surface area contributed by atoms with Crippen LogP contribution in [0.5, 0.6) is 11.5 Å². The minimum absolute atomic E-state index is 0.0465. The lowest BCUT2D eigenvalue weighted by atomic mass is 10.0. The first-order valence-electron chi connectivity index (χ1n) is 13.7. The fourth-order valence-corrected chi connectivity index (χ4v) is 4.61. The molecule has 1 amide bonds. The fraction of sp³-hybridized carbons (Fsp3) is 0.235. The molecule has 4 aromatic carbocycles. The number of nitrogens with zero attached hydrogens (tertiary/aromatic N) is 1. The number of carbonyl (C=O) groups is 2. The lowest BCUT2D eigenvalue weighted by Crippen LogP contribution is -2.34. The predicted octanol–water partition coefficient (Wildman–Crippen LogP) is 7.75. The molecule has 0 heterocycles. The van der Waals surface area contributed by atoms with Crippen molar-refractivity contribution in [2.45, 2.75) is 38.8 Å². The van der Waals surface area contributed by atoms with Gasteiger partial charge in [-0.05, 0) is 90.9 Å². The number of halogens is 3. The third kappa shape index (κ3) is 8.70. The number of rotatable bonds is 12. The number of carboxylic acids is 1. The van der Waals surface area contributed by atoms with Crippen LogP contribution in [0.1, 0.15) is 44.6 Å². The number of carboxylic acid groups (broad SMARTS) is 1. The smallest absolute Gasteiger partial charge is 0.416 e. The summed E-state index contributed by atoms with van der Waals surface area (Å²) >= 11 is 0. The molecule has 0 unspecified atom stereocenters. The molecule has 0 saturated carbocycles. The summed E-state index contributed by atoms with van der Waals surface area (Å²) in [4.78, 5) is 26.3. The molecule has 4 aromatic rings. The summed E-state index contributed by atoms with van der Waals surface area (Å²) in [5, 5.41) is 8.95. The lowest BCUT2D eigenvalue weighted by molar-refractivity contribution is -0.138. The average molecular weight is 576 g/mol. The Morgan fingerprint density at radius 2 is 1.40 bits per heavy atom. The van der Waals surface area contributed by atoms with Crippen molar-refractivity contribution in [3.05, 3.63) is 130 Å². The van der Waals surface area contributed by atoms with E-state index in [0.29, 0.717) is 55.0 Å². The molecule has 0 atom stereocenters. The SMILES string of the molecule is Cc1cc(Oc2cccc(C(=O)N(CCc3ccccc3)CCc3ccc(C(F)(F)F)cc3)c2)ccc1CCC(=O)O. The van der Waals surface area contributed by atoms with Crippen LogP contribution in [-0.2, 0) is 30.2 Å². The maximum atomic E-state index is 13.7. The molecule has 218 valence electrons. The molecular formula is C34H32F3NO4. The van der Waals surface area contributed by atoms with Crippen LogP contribution in [0.2, 0.25) is 0 Å². The highest BCUT2D eigenvalue weighted by Gasteiger charge is 2.30. The molecule has 0 aliphatic heterocycles. The number of amides is 1. The summed E-state index contributed by atoms with van der Waals surface area (Å²) in [5.41, 5.74) is 3.35. The van der Waals surface area contributed by atoms with Gasteiger partial charge in [0.05, 0.1) is 5.56 Å². The third-order valence-corrected chi connectivity index (χ3v) is 6.99. The van der Waals surface area contributed by atoms with E-state index in [0.717, 1.165) is 28.8 Å². The van der Waals surface area contributed by atoms with E-state index in [-0.39, 0.29) is 12.3 Å². The summed E-state index contributed by atoms with van der Waals surface area (Å²) in [6.45, 7) is 2.66. The quantitative estimate of drug-likeness (QED) is 0.188. The Morgan fingerprint density at radius 3 is 2.02 bits per heavy atom. The predicted molar refractivity (Wildman–Crippen MR) is 155 cm³/mol. The van der Waals surface area contributed by atoms with Gasteiger partial charge < -0.3 is 14.7 Å². The molecule has 0 aromatic heterocycles. The van der Waals surface area contributed by atoms with Gasteiger partial charge >= 0.3 is 12.1 Å². The largest absolute Gasteiger partial charge is 0.481 e. The molecule has 0 saturated heterocycles. The van der Waals surface area contributed by atoms with Crippen molar-refractivity contribution in [1.29, 1.82) is 0 Å². The number of aliphatic carboxylic acids is 1. The number of benzene rings is 4. The maximum Gasteiger partial charge on any atom is 0.416 e. The van der Waals surface area contributed by atoms with Crippen LogP contribution < -0.4 is 4.74 Å². The van der Waals surface area contributed by atoms with Crippen molar-refractivity contribution in [2.75, 3.05) is 13.1 Å². The molecule has 1 N–H and O–H groups in total. The Kier molecular flexibility index (Phi) is 10.0. The Bertz CT molecular complexity index is 1500. The van der Waals surface area contributed by atoms with Gasteiger partial charge in [0.15, 0.2) is 0 Å². The second-order valence-electron chi connectivity index (χ2n) is 10.1. The Balaban J connectivity index is 1.48. The zero-order chi connectivity index (χ0) is 30.1. The van der Waals surface area contributed by atoms with Crippen LogP contribution in [-0.4, -0.2) is 35.0 Å². The topological polar surface area (TPSA) is 66.8 Å². The number of aryl methyl sites for hydroxylation is 2. The average Bonchev–Trinajstić information content (AvgIpc) is 2.97. The van der Waals surface area contributed by atoms with E-state index in [1.807, 2.05) is 49.4 Å². The highest BCUT2D eigenvalue weighted by Crippen LogP contribution is 2.29. The van der Waals surface area contributed by atoms with E-state index in [1.165, 1.54) is 12.1 Å². The molecule has 0 fully saturated rings. The van der Waals surface area contributed by atoms with Crippen molar-refractivity contribution in [1.82, 2.24) is 4.90 Å². The van der Waals surface area contributed by atoms with Crippen LogP contribution >= 0.6 is 0 Å². The van der Waals surface area contributed by atoms with Crippen LogP contribution in [0.4, 0.5) is 13.2 Å². The first kappa shape index (κ1) is 30.4. The number of hydrogen-bond donors (Lipinski definition) is 1. The van der Waals surface area contributed by atoms with Crippen molar-refractivity contribution < 1.29 is 32.6 Å². The first-order chi connectivity index (χ1) is 20.1. The van der Waals surface area contributed by atoms with Gasteiger partial charge in [0.1, 0.15) is 11.5 Å². The van der Waals surface area contributed by atoms with Gasteiger partial charge in [-0.1, -0.05) is 54.6 Å². The molecule has 4 rings (SSSR count). The molecule has 0 spiro atoms. The minimum atomic E-state index is -4.40. The molecule has 0 radical (unpaired) electrons. The summed E-state index contributed by atoms with van der Waals surface area (Å²) < 4.78 is 44.9. The van der Waals surface area contributed by atoms with Crippen molar-refractivity contribution in [2.24, 2.45) is 0 Å². The van der Waals surface area contributed by atoms with E-state index in [2.05, 4.69) is 0 Å². The molecule has 8 heteroatoms. The second-order valence-corrected chi connectivity index (χ2v) is 10.1. The highest BCUT2D eigenvalue weighted by molar-refractivity contribution is 5.94. The van der Waals surface area contributed by atoms with E-state index >= 15 is 0 Å². The van der Waals surface area contributed by atoms with E-state index in [4.69, 9.17) is 9.84 Å². The Morgan fingerprint density at radius 1 is 0.762 bits per heavy atom. The van der Waals surface area contributed by atoms with E-state index in [9.17, 15) is 22.8 Å². The molecular weight excluding hydrogens is 543 g/mol. The van der Waals surface area contributed by atoms with Gasteiger partial charge in [-0.3, -0.25) is 9.59 Å². The van der Waals surface area contributed by atoms with Crippen LogP contribution in [0.3, 0.4) is 0 Å². The van der Waals surface area contributed by atoms with Crippen LogP contribution in [0.15, 0.2) is 97.1 Å². The summed E-state index contributed by atoms with van der Waals surface area (Å²) in [6, 6.07) is 27.1. The second kappa shape index (κ2) is 13.9. The van der Waals surface area contributed by atoms with Gasteiger partial charge in [0.25, 0.3) is 5.91 Å². The minimum Gasteiger partial charge on any atom is -0.481 e. The number of ether oxygens (including phenoxy) is 1. The lowest BCUT2D eigenvalue weighted by Gasteiger charge is -2.23. The summed E-state index contributed by atoms with van der Waals surface area (Å²) in [6.07, 6.45) is -2.89. The van der Waals surface area contributed by atoms with Gasteiger partial charge in [0, 0.05) is 25.1 Å². The van der Waals surface area contributed by atoms with Crippen molar-refractivity contribution in [3.8, 4) is 11.5 Å². The summed E-state index contributed by atoms with van der Waals surface area (Å²) in [5.74, 6) is -0.0134. The van der Waals surface area contributed by atoms with Crippen LogP contribution in [0.25, 0.3) is 0 Å². The highest BCUT2D eigenvalue weighted by atomic mass is 19.4. The standard InChI is InChI=1S/C34H32F3NO4/c1-24-22-31(16-12-27(24)13-17-32(39)40)42-30-9-5-8-28(23-30)33(41)38(20-18-25-6-3-2-4-7-25)21-19-26-10-14-29(15-11-26)34(35,36)37/h2-12,14-16,22-23H,13,17-21H2,1H3,(H,39,40). The molecule has 0 aliphatic rings. The maximum absolute atomic E-state index is 13.7. The molecule has 42 heavy (non-hydrogen) atoms. The monoisotopic (exact) mass is 575 g/mol.